The Labute approximate surface area is 308 Å². The van der Waals surface area contributed by atoms with Gasteiger partial charge in [0.2, 0.25) is 0 Å². The van der Waals surface area contributed by atoms with Gasteiger partial charge in [-0.05, 0) is 105 Å². The Bertz CT molecular complexity index is 1830. The van der Waals surface area contributed by atoms with Gasteiger partial charge in [-0.2, -0.15) is 0 Å². The number of hydrogen-bond donors (Lipinski definition) is 2. The second-order valence-electron chi connectivity index (χ2n) is 17.7. The van der Waals surface area contributed by atoms with Crippen molar-refractivity contribution in [2.75, 3.05) is 0 Å². The van der Waals surface area contributed by atoms with Gasteiger partial charge in [0.15, 0.2) is 22.8 Å². The van der Waals surface area contributed by atoms with Crippen molar-refractivity contribution >= 4 is 23.6 Å². The van der Waals surface area contributed by atoms with Crippen molar-refractivity contribution in [3.8, 4) is 17.2 Å². The second-order valence-corrected chi connectivity index (χ2v) is 17.7. The summed E-state index contributed by atoms with van der Waals surface area (Å²) in [6, 6.07) is 0. The maximum Gasteiger partial charge on any atom is 0.330 e. The van der Waals surface area contributed by atoms with Crippen LogP contribution in [-0.2, 0) is 20.7 Å². The van der Waals surface area contributed by atoms with Gasteiger partial charge in [0.05, 0.1) is 17.1 Å². The fourth-order valence-corrected chi connectivity index (χ4v) is 11.0. The smallest absolute Gasteiger partial charge is 0.330 e. The number of Topliss-reactive ketones (excluding diaryl/α,β-unsaturated/α-hetero) is 2. The van der Waals surface area contributed by atoms with E-state index in [0.29, 0.717) is 36.1 Å². The fraction of sp³-hybridized carbons (Fsp3) is 0.614. The van der Waals surface area contributed by atoms with Crippen LogP contribution in [0.3, 0.4) is 0 Å². The Morgan fingerprint density at radius 1 is 0.942 bits per heavy atom. The molecule has 4 bridgehead atoms. The number of fused-ring (bicyclic) bond motifs is 2. The number of rotatable bonds is 9. The van der Waals surface area contributed by atoms with Crippen molar-refractivity contribution in [3.05, 3.63) is 57.7 Å². The molecule has 280 valence electrons. The first-order valence-electron chi connectivity index (χ1n) is 19.4. The third kappa shape index (κ3) is 5.36. The summed E-state index contributed by atoms with van der Waals surface area (Å²) in [4.78, 5) is 42.9. The molecule has 0 radical (unpaired) electrons. The van der Waals surface area contributed by atoms with Gasteiger partial charge in [0, 0.05) is 29.4 Å². The zero-order valence-corrected chi connectivity index (χ0v) is 32.2. The maximum atomic E-state index is 15.6. The average Bonchev–Trinajstić information content (AvgIpc) is 3.22. The first-order valence-corrected chi connectivity index (χ1v) is 19.4. The number of aliphatic carboxylic acids is 1. The molecular formula is C44H56O8. The molecule has 0 amide bonds. The molecule has 1 spiro atoms. The van der Waals surface area contributed by atoms with Crippen molar-refractivity contribution in [2.24, 2.45) is 29.6 Å². The summed E-state index contributed by atoms with van der Waals surface area (Å²) >= 11 is 0. The normalized spacial score (nSPS) is 34.1. The molecule has 8 rings (SSSR count). The molecule has 8 heteroatoms. The molecule has 1 saturated heterocycles. The van der Waals surface area contributed by atoms with Crippen LogP contribution in [0.1, 0.15) is 135 Å². The quantitative estimate of drug-likeness (QED) is 0.192. The van der Waals surface area contributed by atoms with Crippen LogP contribution in [-0.4, -0.2) is 50.2 Å². The van der Waals surface area contributed by atoms with Gasteiger partial charge < -0.3 is 24.4 Å². The van der Waals surface area contributed by atoms with E-state index >= 15 is 9.59 Å². The highest BCUT2D eigenvalue weighted by molar-refractivity contribution is 6.10. The summed E-state index contributed by atoms with van der Waals surface area (Å²) in [5, 5.41) is 22.1. The highest BCUT2D eigenvalue weighted by Gasteiger charge is 2.85. The number of carboxylic acids is 1. The van der Waals surface area contributed by atoms with E-state index < -0.39 is 40.2 Å². The van der Waals surface area contributed by atoms with Crippen LogP contribution in [0.2, 0.25) is 0 Å². The van der Waals surface area contributed by atoms with E-state index in [9.17, 15) is 15.0 Å². The summed E-state index contributed by atoms with van der Waals surface area (Å²) in [6.45, 7) is 15.7. The molecule has 4 aliphatic carbocycles. The number of phenols is 1. The summed E-state index contributed by atoms with van der Waals surface area (Å²) in [7, 11) is 0. The molecule has 7 aliphatic rings. The lowest BCUT2D eigenvalue weighted by Crippen LogP contribution is -2.79. The first kappa shape index (κ1) is 36.7. The number of allylic oxidation sites excluding steroid dienone is 4. The van der Waals surface area contributed by atoms with E-state index in [-0.39, 0.29) is 58.4 Å². The van der Waals surface area contributed by atoms with Crippen LogP contribution >= 0.6 is 0 Å². The number of carboxylic acid groups (broad SMARTS) is 1. The molecule has 4 saturated carbocycles. The first-order chi connectivity index (χ1) is 24.5. The van der Waals surface area contributed by atoms with Gasteiger partial charge in [-0.15, -0.1) is 0 Å². The highest BCUT2D eigenvalue weighted by atomic mass is 16.6. The van der Waals surface area contributed by atoms with Gasteiger partial charge >= 0.3 is 5.97 Å². The van der Waals surface area contributed by atoms with Crippen molar-refractivity contribution in [2.45, 2.75) is 142 Å². The van der Waals surface area contributed by atoms with E-state index in [2.05, 4.69) is 26.0 Å². The van der Waals surface area contributed by atoms with E-state index in [1.807, 2.05) is 46.8 Å². The topological polar surface area (TPSA) is 119 Å². The van der Waals surface area contributed by atoms with Crippen LogP contribution in [0.25, 0.3) is 6.08 Å². The molecule has 7 unspecified atom stereocenters. The van der Waals surface area contributed by atoms with Crippen LogP contribution in [0.4, 0.5) is 0 Å². The Morgan fingerprint density at radius 3 is 2.29 bits per heavy atom. The molecule has 3 heterocycles. The lowest BCUT2D eigenvalue weighted by atomic mass is 9.41. The lowest BCUT2D eigenvalue weighted by molar-refractivity contribution is -0.216. The predicted molar refractivity (Wildman–Crippen MR) is 200 cm³/mol. The molecule has 1 aromatic carbocycles. The van der Waals surface area contributed by atoms with Crippen molar-refractivity contribution < 1.29 is 38.8 Å². The second kappa shape index (κ2) is 12.7. The molecule has 5 fully saturated rings. The molecule has 2 N–H and O–H groups in total. The number of ketones is 2. The summed E-state index contributed by atoms with van der Waals surface area (Å²) in [6.07, 6.45) is 17.2. The Balaban J connectivity index is 1.48. The third-order valence-corrected chi connectivity index (χ3v) is 13.3. The standard InChI is InChI=1S/C44H56O8/c1-24(2)13-12-20-42(8)21-19-28-35(45)33-36(46)34-32(27-14-10-9-11-15-27)30-23-31-41(6,7)52-43(39(30)47,22-18-26(5)40(48)49)44(31,34)51-38(33)29(37(28)50-42)17-16-25(3)4/h13,16,18-19,21,27,30-32,34,45H,9-12,14-15,17,20,22-23H2,1-8H3,(H,48,49)/b26-18-. The Hall–Kier alpha value is -3.65. The summed E-state index contributed by atoms with van der Waals surface area (Å²) in [5.74, 6) is -2.34. The van der Waals surface area contributed by atoms with Gasteiger partial charge in [-0.25, -0.2) is 4.79 Å². The molecule has 1 aromatic rings. The number of carbonyl (C=O) groups excluding carboxylic acids is 2. The monoisotopic (exact) mass is 712 g/mol. The van der Waals surface area contributed by atoms with Crippen molar-refractivity contribution in [3.63, 3.8) is 0 Å². The van der Waals surface area contributed by atoms with E-state index in [0.717, 1.165) is 44.1 Å². The number of aromatic hydroxyl groups is 1. The lowest BCUT2D eigenvalue weighted by Gasteiger charge is -2.64. The van der Waals surface area contributed by atoms with Crippen LogP contribution in [0, 0.1) is 29.6 Å². The number of phenolic OH excluding ortho intramolecular Hbond substituents is 1. The summed E-state index contributed by atoms with van der Waals surface area (Å²) < 4.78 is 21.4. The number of hydrogen-bond acceptors (Lipinski definition) is 7. The predicted octanol–water partition coefficient (Wildman–Crippen LogP) is 9.13. The molecule has 52 heavy (non-hydrogen) atoms. The van der Waals surface area contributed by atoms with Crippen LogP contribution in [0.15, 0.2) is 41.0 Å². The minimum atomic E-state index is -1.58. The Kier molecular flexibility index (Phi) is 8.99. The number of ether oxygens (including phenoxy) is 3. The van der Waals surface area contributed by atoms with Crippen molar-refractivity contribution in [1.82, 2.24) is 0 Å². The Morgan fingerprint density at radius 2 is 1.63 bits per heavy atom. The van der Waals surface area contributed by atoms with Gasteiger partial charge in [0.1, 0.15) is 28.4 Å². The minimum absolute atomic E-state index is 0.0151. The minimum Gasteiger partial charge on any atom is -0.506 e. The fourth-order valence-electron chi connectivity index (χ4n) is 11.0. The molecule has 3 aliphatic heterocycles. The van der Waals surface area contributed by atoms with Crippen molar-refractivity contribution in [1.29, 1.82) is 0 Å². The average molecular weight is 713 g/mol. The maximum absolute atomic E-state index is 15.6. The van der Waals surface area contributed by atoms with E-state index in [4.69, 9.17) is 14.2 Å². The molecular weight excluding hydrogens is 656 g/mol. The van der Waals surface area contributed by atoms with Crippen LogP contribution in [0.5, 0.6) is 17.2 Å². The van der Waals surface area contributed by atoms with Crippen LogP contribution < -0.4 is 9.47 Å². The molecule has 0 aromatic heterocycles. The van der Waals surface area contributed by atoms with E-state index in [1.165, 1.54) is 12.5 Å². The SMILES string of the molecule is CC(C)=CCCC1(C)C=Cc2c(O)c3c(c(CC=C(C)C)c2O1)OC12C(C3=O)C(C3CCCCC3)C3CC1C(C)(C)OC2(C/C=C(/C)C(=O)O)C3=O. The number of benzene rings is 1. The van der Waals surface area contributed by atoms with Gasteiger partial charge in [0.25, 0.3) is 0 Å². The third-order valence-electron chi connectivity index (χ3n) is 13.3. The highest BCUT2D eigenvalue weighted by Crippen LogP contribution is 2.73. The van der Waals surface area contributed by atoms with E-state index in [1.54, 1.807) is 6.08 Å². The zero-order valence-electron chi connectivity index (χ0n) is 32.2. The molecule has 7 atom stereocenters. The van der Waals surface area contributed by atoms with Gasteiger partial charge in [-0.3, -0.25) is 9.59 Å². The van der Waals surface area contributed by atoms with Gasteiger partial charge in [-0.1, -0.05) is 61.5 Å². The molecule has 8 nitrogen and oxygen atoms in total. The zero-order chi connectivity index (χ0) is 37.5. The number of carbonyl (C=O) groups is 3. The summed E-state index contributed by atoms with van der Waals surface area (Å²) in [5.41, 5.74) is -0.778. The largest absolute Gasteiger partial charge is 0.506 e.